The average Bonchev–Trinajstić information content (AvgIpc) is 3.04. The van der Waals surface area contributed by atoms with Gasteiger partial charge in [-0.1, -0.05) is 26.0 Å². The number of H-pyrrole nitrogens is 1. The summed E-state index contributed by atoms with van der Waals surface area (Å²) in [7, 11) is 1.42. The van der Waals surface area contributed by atoms with Crippen molar-refractivity contribution in [1.29, 1.82) is 0 Å². The molecule has 0 aliphatic rings. The number of rotatable bonds is 7. The second kappa shape index (κ2) is 8.79. The van der Waals surface area contributed by atoms with E-state index in [-0.39, 0.29) is 12.4 Å². The summed E-state index contributed by atoms with van der Waals surface area (Å²) < 4.78 is 26.3. The second-order valence-corrected chi connectivity index (χ2v) is 6.79. The van der Waals surface area contributed by atoms with E-state index in [9.17, 15) is 4.39 Å². The largest absolute Gasteiger partial charge is 0.494 e. The van der Waals surface area contributed by atoms with Gasteiger partial charge >= 0.3 is 0 Å². The van der Waals surface area contributed by atoms with Crippen LogP contribution in [-0.4, -0.2) is 28.2 Å². The van der Waals surface area contributed by atoms with Crippen molar-refractivity contribution in [2.24, 2.45) is 5.10 Å². The molecular weight excluding hydrogens is 379 g/mol. The van der Waals surface area contributed by atoms with E-state index in [4.69, 9.17) is 21.7 Å². The summed E-state index contributed by atoms with van der Waals surface area (Å²) in [6.45, 7) is 4.46. The molecule has 28 heavy (non-hydrogen) atoms. The zero-order valence-electron chi connectivity index (χ0n) is 15.8. The topological polar surface area (TPSA) is 64.4 Å². The van der Waals surface area contributed by atoms with E-state index < -0.39 is 5.82 Å². The van der Waals surface area contributed by atoms with E-state index in [2.05, 4.69) is 29.1 Å². The molecule has 0 unspecified atom stereocenters. The Morgan fingerprint density at radius 2 is 2.00 bits per heavy atom. The van der Waals surface area contributed by atoms with Gasteiger partial charge in [0.05, 0.1) is 13.3 Å². The second-order valence-electron chi connectivity index (χ2n) is 6.41. The summed E-state index contributed by atoms with van der Waals surface area (Å²) in [6, 6.07) is 12.5. The van der Waals surface area contributed by atoms with Crippen molar-refractivity contribution in [3.63, 3.8) is 0 Å². The lowest BCUT2D eigenvalue weighted by molar-refractivity contribution is 0.290. The first kappa shape index (κ1) is 19.8. The maximum atomic E-state index is 13.8. The highest BCUT2D eigenvalue weighted by Crippen LogP contribution is 2.19. The van der Waals surface area contributed by atoms with Crippen LogP contribution in [0.25, 0.3) is 0 Å². The molecule has 0 spiro atoms. The van der Waals surface area contributed by atoms with Crippen LogP contribution in [0.15, 0.2) is 47.6 Å². The number of aromatic nitrogens is 3. The fourth-order valence-corrected chi connectivity index (χ4v) is 2.72. The van der Waals surface area contributed by atoms with Crippen LogP contribution in [0.3, 0.4) is 0 Å². The quantitative estimate of drug-likeness (QED) is 0.462. The van der Waals surface area contributed by atoms with Gasteiger partial charge in [-0.25, -0.2) is 9.49 Å². The summed E-state index contributed by atoms with van der Waals surface area (Å²) in [6.07, 6.45) is 1.49. The molecule has 146 valence electrons. The molecule has 0 saturated carbocycles. The van der Waals surface area contributed by atoms with E-state index in [1.165, 1.54) is 35.7 Å². The number of methoxy groups -OCH3 is 1. The van der Waals surface area contributed by atoms with Crippen molar-refractivity contribution in [1.82, 2.24) is 14.9 Å². The maximum Gasteiger partial charge on any atom is 0.216 e. The molecule has 6 nitrogen and oxygen atoms in total. The zero-order valence-corrected chi connectivity index (χ0v) is 16.7. The number of hydrogen-bond acceptors (Lipinski definition) is 5. The predicted molar refractivity (Wildman–Crippen MR) is 108 cm³/mol. The molecule has 0 fully saturated rings. The molecule has 0 radical (unpaired) electrons. The van der Waals surface area contributed by atoms with Crippen LogP contribution in [0.1, 0.15) is 36.7 Å². The molecule has 0 aliphatic heterocycles. The molecule has 0 atom stereocenters. The van der Waals surface area contributed by atoms with E-state index in [1.54, 1.807) is 6.07 Å². The average molecular weight is 400 g/mol. The van der Waals surface area contributed by atoms with Crippen LogP contribution in [0.5, 0.6) is 11.5 Å². The van der Waals surface area contributed by atoms with E-state index in [0.29, 0.717) is 22.1 Å². The van der Waals surface area contributed by atoms with Crippen LogP contribution in [0, 0.1) is 10.6 Å². The Labute approximate surface area is 167 Å². The first-order chi connectivity index (χ1) is 13.5. The highest BCUT2D eigenvalue weighted by atomic mass is 32.1. The third kappa shape index (κ3) is 4.64. The number of hydrogen-bond donors (Lipinski definition) is 1. The van der Waals surface area contributed by atoms with Crippen LogP contribution in [0.4, 0.5) is 4.39 Å². The summed E-state index contributed by atoms with van der Waals surface area (Å²) in [5.41, 5.74) is 1.81. The van der Waals surface area contributed by atoms with Gasteiger partial charge in [0.25, 0.3) is 0 Å². The molecule has 3 aromatic rings. The Bertz CT molecular complexity index is 1030. The van der Waals surface area contributed by atoms with Crippen molar-refractivity contribution in [3.05, 3.63) is 70.0 Å². The number of aromatic amines is 1. The summed E-state index contributed by atoms with van der Waals surface area (Å²) in [4.78, 5) is 0. The molecule has 8 heteroatoms. The summed E-state index contributed by atoms with van der Waals surface area (Å²) in [5, 5.41) is 11.1. The van der Waals surface area contributed by atoms with Crippen molar-refractivity contribution in [2.45, 2.75) is 26.4 Å². The molecule has 0 aliphatic carbocycles. The predicted octanol–water partition coefficient (Wildman–Crippen LogP) is 4.67. The van der Waals surface area contributed by atoms with Gasteiger partial charge in [0, 0.05) is 0 Å². The Morgan fingerprint density at radius 3 is 2.64 bits per heavy atom. The van der Waals surface area contributed by atoms with Gasteiger partial charge in [0.2, 0.25) is 4.77 Å². The summed E-state index contributed by atoms with van der Waals surface area (Å²) >= 11 is 5.21. The van der Waals surface area contributed by atoms with Crippen LogP contribution < -0.4 is 9.47 Å². The van der Waals surface area contributed by atoms with Gasteiger partial charge < -0.3 is 9.47 Å². The zero-order chi connectivity index (χ0) is 20.1. The first-order valence-corrected chi connectivity index (χ1v) is 9.15. The fourth-order valence-electron chi connectivity index (χ4n) is 2.52. The van der Waals surface area contributed by atoms with E-state index in [0.717, 1.165) is 5.75 Å². The minimum absolute atomic E-state index is 0.176. The molecule has 1 heterocycles. The lowest BCUT2D eigenvalue weighted by atomic mass is 10.0. The number of halogens is 1. The Balaban J connectivity index is 1.73. The summed E-state index contributed by atoms with van der Waals surface area (Å²) in [5.74, 6) is 1.40. The lowest BCUT2D eigenvalue weighted by Gasteiger charge is -2.08. The fraction of sp³-hybridized carbons (Fsp3) is 0.250. The first-order valence-electron chi connectivity index (χ1n) is 8.75. The van der Waals surface area contributed by atoms with Crippen molar-refractivity contribution in [3.8, 4) is 11.5 Å². The third-order valence-electron chi connectivity index (χ3n) is 4.13. The van der Waals surface area contributed by atoms with E-state index in [1.807, 2.05) is 24.3 Å². The van der Waals surface area contributed by atoms with Crippen LogP contribution in [0.2, 0.25) is 0 Å². The molecule has 3 rings (SSSR count). The number of benzene rings is 2. The molecule has 1 aromatic heterocycles. The van der Waals surface area contributed by atoms with Gasteiger partial charge in [-0.15, -0.1) is 0 Å². The smallest absolute Gasteiger partial charge is 0.216 e. The minimum Gasteiger partial charge on any atom is -0.494 e. The van der Waals surface area contributed by atoms with E-state index >= 15 is 0 Å². The van der Waals surface area contributed by atoms with Crippen molar-refractivity contribution in [2.75, 3.05) is 7.11 Å². The van der Waals surface area contributed by atoms with Crippen molar-refractivity contribution >= 4 is 18.4 Å². The lowest BCUT2D eigenvalue weighted by Crippen LogP contribution is -2.04. The molecule has 0 amide bonds. The van der Waals surface area contributed by atoms with Gasteiger partial charge in [-0.2, -0.15) is 14.9 Å². The Hall–Kier alpha value is -3.00. The Morgan fingerprint density at radius 1 is 1.25 bits per heavy atom. The number of nitrogens with one attached hydrogen (secondary N) is 1. The molecule has 0 bridgehead atoms. The number of nitrogens with zero attached hydrogens (tertiary/aromatic N) is 3. The molecule has 0 saturated heterocycles. The van der Waals surface area contributed by atoms with Crippen LogP contribution >= 0.6 is 12.2 Å². The molecule has 1 N–H and O–H groups in total. The standard InChI is InChI=1S/C20H21FN4O2S/c1-13(2)15-5-7-16(8-6-15)27-12-19-23-24-20(28)25(19)22-11-14-4-9-18(26-3)17(21)10-14/h4-11,13H,12H2,1-3H3,(H,24,28)/b22-11-. The minimum atomic E-state index is -0.462. The van der Waals surface area contributed by atoms with Crippen molar-refractivity contribution < 1.29 is 13.9 Å². The van der Waals surface area contributed by atoms with Gasteiger partial charge in [0.15, 0.2) is 17.4 Å². The maximum absolute atomic E-state index is 13.8. The molecule has 2 aromatic carbocycles. The third-order valence-corrected chi connectivity index (χ3v) is 4.39. The normalized spacial score (nSPS) is 11.3. The molecular formula is C20H21FN4O2S. The van der Waals surface area contributed by atoms with Gasteiger partial charge in [0.1, 0.15) is 12.4 Å². The van der Waals surface area contributed by atoms with Gasteiger partial charge in [-0.3, -0.25) is 0 Å². The SMILES string of the molecule is COc1ccc(/C=N\n2c(COc3ccc(C(C)C)cc3)n[nH]c2=S)cc1F. The number of ether oxygens (including phenoxy) is 2. The van der Waals surface area contributed by atoms with Gasteiger partial charge in [-0.05, 0) is 59.6 Å². The highest BCUT2D eigenvalue weighted by molar-refractivity contribution is 7.71. The van der Waals surface area contributed by atoms with Crippen LogP contribution in [-0.2, 0) is 6.61 Å². The monoisotopic (exact) mass is 400 g/mol. The Kier molecular flexibility index (Phi) is 6.20. The highest BCUT2D eigenvalue weighted by Gasteiger charge is 2.07.